The predicted octanol–water partition coefficient (Wildman–Crippen LogP) is 4.06. The zero-order chi connectivity index (χ0) is 24.7. The first-order chi connectivity index (χ1) is 16.2. The SMILES string of the molecule is Cc1ccc(C(=O)Nc2cnc(N3CCC(N(C)CCCOC(C)C)CC3)c(C(=O)O)c2)cc1. The Morgan fingerprint density at radius 1 is 1.24 bits per heavy atom. The number of ether oxygens (including phenoxy) is 1. The van der Waals surface area contributed by atoms with Gasteiger partial charge >= 0.3 is 5.97 Å². The van der Waals surface area contributed by atoms with E-state index in [2.05, 4.69) is 22.2 Å². The fourth-order valence-corrected chi connectivity index (χ4v) is 4.18. The fraction of sp³-hybridized carbons (Fsp3) is 0.500. The van der Waals surface area contributed by atoms with Crippen LogP contribution in [-0.4, -0.2) is 72.3 Å². The van der Waals surface area contributed by atoms with Crippen LogP contribution < -0.4 is 10.2 Å². The van der Waals surface area contributed by atoms with Crippen LogP contribution in [-0.2, 0) is 4.74 Å². The van der Waals surface area contributed by atoms with Gasteiger partial charge in [0.25, 0.3) is 5.91 Å². The number of benzene rings is 1. The maximum absolute atomic E-state index is 12.5. The summed E-state index contributed by atoms with van der Waals surface area (Å²) >= 11 is 0. The smallest absolute Gasteiger partial charge is 0.339 e. The molecule has 2 aromatic rings. The molecule has 8 nitrogen and oxygen atoms in total. The van der Waals surface area contributed by atoms with Crippen molar-refractivity contribution >= 4 is 23.4 Å². The molecule has 2 N–H and O–H groups in total. The molecule has 1 aromatic carbocycles. The Morgan fingerprint density at radius 2 is 1.91 bits per heavy atom. The highest BCUT2D eigenvalue weighted by molar-refractivity contribution is 6.05. The highest BCUT2D eigenvalue weighted by Gasteiger charge is 2.26. The molecule has 34 heavy (non-hydrogen) atoms. The molecular weight excluding hydrogens is 432 g/mol. The summed E-state index contributed by atoms with van der Waals surface area (Å²) in [6.07, 6.45) is 4.66. The topological polar surface area (TPSA) is 95.0 Å². The van der Waals surface area contributed by atoms with Crippen LogP contribution in [0.15, 0.2) is 36.5 Å². The number of carboxylic acid groups (broad SMARTS) is 1. The molecule has 0 spiro atoms. The Kier molecular flexibility index (Phi) is 9.01. The molecule has 0 radical (unpaired) electrons. The van der Waals surface area contributed by atoms with E-state index in [1.165, 1.54) is 12.3 Å². The number of nitrogens with zero attached hydrogens (tertiary/aromatic N) is 3. The zero-order valence-electron chi connectivity index (χ0n) is 20.6. The van der Waals surface area contributed by atoms with E-state index in [0.717, 1.165) is 51.1 Å². The van der Waals surface area contributed by atoms with E-state index in [0.29, 0.717) is 23.1 Å². The standard InChI is InChI=1S/C26H36N4O4/c1-18(2)34-15-5-12-29(4)22-10-13-30(14-11-22)24-23(26(32)33)16-21(17-27-24)28-25(31)20-8-6-19(3)7-9-20/h6-9,16-18,22H,5,10-15H2,1-4H3,(H,28,31)(H,32,33). The highest BCUT2D eigenvalue weighted by atomic mass is 16.5. The van der Waals surface area contributed by atoms with E-state index in [9.17, 15) is 14.7 Å². The number of piperidine rings is 1. The number of aryl methyl sites for hydroxylation is 1. The van der Waals surface area contributed by atoms with Crippen LogP contribution >= 0.6 is 0 Å². The summed E-state index contributed by atoms with van der Waals surface area (Å²) in [5, 5.41) is 12.6. The van der Waals surface area contributed by atoms with Crippen LogP contribution in [0, 0.1) is 6.92 Å². The molecule has 0 bridgehead atoms. The largest absolute Gasteiger partial charge is 0.478 e. The molecular formula is C26H36N4O4. The van der Waals surface area contributed by atoms with E-state index >= 15 is 0 Å². The summed E-state index contributed by atoms with van der Waals surface area (Å²) in [6, 6.07) is 9.14. The molecule has 2 heterocycles. The van der Waals surface area contributed by atoms with Gasteiger partial charge in [-0.1, -0.05) is 17.7 Å². The highest BCUT2D eigenvalue weighted by Crippen LogP contribution is 2.26. The van der Waals surface area contributed by atoms with Gasteiger partial charge in [-0.2, -0.15) is 0 Å². The zero-order valence-corrected chi connectivity index (χ0v) is 20.6. The molecule has 8 heteroatoms. The van der Waals surface area contributed by atoms with E-state index in [1.807, 2.05) is 37.8 Å². The van der Waals surface area contributed by atoms with Crippen LogP contribution in [0.4, 0.5) is 11.5 Å². The van der Waals surface area contributed by atoms with Crippen LogP contribution in [0.5, 0.6) is 0 Å². The van der Waals surface area contributed by atoms with Crippen LogP contribution in [0.2, 0.25) is 0 Å². The van der Waals surface area contributed by atoms with E-state index in [-0.39, 0.29) is 17.6 Å². The number of rotatable bonds is 10. The molecule has 1 fully saturated rings. The molecule has 0 unspecified atom stereocenters. The Labute approximate surface area is 201 Å². The number of nitrogens with one attached hydrogen (secondary N) is 1. The molecule has 0 atom stereocenters. The third-order valence-corrected chi connectivity index (χ3v) is 6.16. The van der Waals surface area contributed by atoms with Gasteiger partial charge in [0, 0.05) is 37.8 Å². The maximum atomic E-state index is 12.5. The lowest BCUT2D eigenvalue weighted by Crippen LogP contribution is -2.44. The van der Waals surface area contributed by atoms with Gasteiger partial charge in [0.1, 0.15) is 11.4 Å². The Hall–Kier alpha value is -2.97. The van der Waals surface area contributed by atoms with Gasteiger partial charge in [0.2, 0.25) is 0 Å². The number of pyridine rings is 1. The van der Waals surface area contributed by atoms with Crippen LogP contribution in [0.1, 0.15) is 59.4 Å². The van der Waals surface area contributed by atoms with Crippen molar-refractivity contribution in [2.45, 2.75) is 52.2 Å². The monoisotopic (exact) mass is 468 g/mol. The minimum atomic E-state index is -1.06. The first-order valence-corrected chi connectivity index (χ1v) is 11.9. The predicted molar refractivity (Wildman–Crippen MR) is 134 cm³/mol. The van der Waals surface area contributed by atoms with Crippen LogP contribution in [0.25, 0.3) is 0 Å². The Bertz CT molecular complexity index is 969. The number of carbonyl (C=O) groups excluding carboxylic acids is 1. The third-order valence-electron chi connectivity index (χ3n) is 6.16. The number of amides is 1. The average molecular weight is 469 g/mol. The van der Waals surface area contributed by atoms with Crippen molar-refractivity contribution in [2.75, 3.05) is 43.5 Å². The van der Waals surface area contributed by atoms with Gasteiger partial charge in [-0.05, 0) is 65.3 Å². The molecule has 1 aliphatic heterocycles. The first kappa shape index (κ1) is 25.6. The lowest BCUT2D eigenvalue weighted by atomic mass is 10.0. The molecule has 184 valence electrons. The fourth-order valence-electron chi connectivity index (χ4n) is 4.18. The second-order valence-electron chi connectivity index (χ2n) is 9.19. The summed E-state index contributed by atoms with van der Waals surface area (Å²) in [7, 11) is 2.14. The summed E-state index contributed by atoms with van der Waals surface area (Å²) in [5.41, 5.74) is 2.03. The summed E-state index contributed by atoms with van der Waals surface area (Å²) in [4.78, 5) is 33.3. The number of aromatic nitrogens is 1. The summed E-state index contributed by atoms with van der Waals surface area (Å²) in [5.74, 6) is -0.904. The van der Waals surface area contributed by atoms with Crippen LogP contribution in [0.3, 0.4) is 0 Å². The van der Waals surface area contributed by atoms with Gasteiger partial charge in [0.15, 0.2) is 0 Å². The lowest BCUT2D eigenvalue weighted by Gasteiger charge is -2.37. The van der Waals surface area contributed by atoms with E-state index in [4.69, 9.17) is 4.74 Å². The van der Waals surface area contributed by atoms with Gasteiger partial charge < -0.3 is 25.0 Å². The van der Waals surface area contributed by atoms with Crippen molar-refractivity contribution in [1.82, 2.24) is 9.88 Å². The number of hydrogen-bond acceptors (Lipinski definition) is 6. The lowest BCUT2D eigenvalue weighted by molar-refractivity contribution is 0.0682. The second kappa shape index (κ2) is 11.9. The van der Waals surface area contributed by atoms with Gasteiger partial charge in [0.05, 0.1) is 18.0 Å². The molecule has 1 aromatic heterocycles. The van der Waals surface area contributed by atoms with Crippen molar-refractivity contribution in [2.24, 2.45) is 0 Å². The summed E-state index contributed by atoms with van der Waals surface area (Å²) < 4.78 is 5.63. The molecule has 0 saturated carbocycles. The molecule has 3 rings (SSSR count). The number of carbonyl (C=O) groups is 2. The van der Waals surface area contributed by atoms with Gasteiger partial charge in [-0.3, -0.25) is 4.79 Å². The van der Waals surface area contributed by atoms with Crippen molar-refractivity contribution in [3.05, 3.63) is 53.2 Å². The number of aromatic carboxylic acids is 1. The molecule has 0 aliphatic carbocycles. The van der Waals surface area contributed by atoms with Crippen molar-refractivity contribution in [3.8, 4) is 0 Å². The average Bonchev–Trinajstić information content (AvgIpc) is 2.82. The number of hydrogen-bond donors (Lipinski definition) is 2. The normalized spacial score (nSPS) is 14.6. The molecule has 1 saturated heterocycles. The maximum Gasteiger partial charge on any atom is 0.339 e. The number of anilines is 2. The summed E-state index contributed by atoms with van der Waals surface area (Å²) in [6.45, 7) is 9.25. The molecule has 1 aliphatic rings. The van der Waals surface area contributed by atoms with Gasteiger partial charge in [-0.15, -0.1) is 0 Å². The van der Waals surface area contributed by atoms with E-state index < -0.39 is 5.97 Å². The van der Waals surface area contributed by atoms with Gasteiger partial charge in [-0.25, -0.2) is 9.78 Å². The van der Waals surface area contributed by atoms with Crippen molar-refractivity contribution in [1.29, 1.82) is 0 Å². The van der Waals surface area contributed by atoms with Crippen molar-refractivity contribution in [3.63, 3.8) is 0 Å². The second-order valence-corrected chi connectivity index (χ2v) is 9.19. The Morgan fingerprint density at radius 3 is 2.53 bits per heavy atom. The third kappa shape index (κ3) is 7.01. The minimum absolute atomic E-state index is 0.0966. The molecule has 1 amide bonds. The minimum Gasteiger partial charge on any atom is -0.478 e. The quantitative estimate of drug-likeness (QED) is 0.508. The van der Waals surface area contributed by atoms with Crippen molar-refractivity contribution < 1.29 is 19.4 Å². The Balaban J connectivity index is 1.60. The van der Waals surface area contributed by atoms with E-state index in [1.54, 1.807) is 12.1 Å². The number of carboxylic acids is 1. The first-order valence-electron chi connectivity index (χ1n) is 11.9.